The molecule has 0 saturated heterocycles. The van der Waals surface area contributed by atoms with Crippen LogP contribution in [0.2, 0.25) is 0 Å². The van der Waals surface area contributed by atoms with E-state index in [4.69, 9.17) is 0 Å². The van der Waals surface area contributed by atoms with E-state index in [9.17, 15) is 0 Å². The molecule has 3 rings (SSSR count). The lowest BCUT2D eigenvalue weighted by atomic mass is 10.2. The first-order valence-corrected chi connectivity index (χ1v) is 4.80. The predicted octanol–water partition coefficient (Wildman–Crippen LogP) is 0.863. The smallest absolute Gasteiger partial charge is 0.223 e. The van der Waals surface area contributed by atoms with Gasteiger partial charge < -0.3 is 5.32 Å². The van der Waals surface area contributed by atoms with Crippen LogP contribution in [-0.4, -0.2) is 26.8 Å². The SMILES string of the molecule is CCNc1ncc2c(n1)-c1nonc1C2. The van der Waals surface area contributed by atoms with Crippen molar-refractivity contribution in [2.75, 3.05) is 11.9 Å². The lowest BCUT2D eigenvalue weighted by molar-refractivity contribution is 0.304. The minimum Gasteiger partial charge on any atom is -0.354 e. The van der Waals surface area contributed by atoms with Crippen LogP contribution in [0.4, 0.5) is 5.95 Å². The minimum atomic E-state index is 0.618. The van der Waals surface area contributed by atoms with E-state index in [1.807, 2.05) is 13.1 Å². The Morgan fingerprint density at radius 3 is 3.20 bits per heavy atom. The standard InChI is InChI=1S/C9H9N5O/c1-2-10-9-11-4-5-3-6-8(7(5)12-9)14-15-13-6/h4H,2-3H2,1H3,(H,10,11,12). The van der Waals surface area contributed by atoms with Crippen molar-refractivity contribution in [1.82, 2.24) is 20.3 Å². The summed E-state index contributed by atoms with van der Waals surface area (Å²) in [7, 11) is 0. The van der Waals surface area contributed by atoms with Crippen molar-refractivity contribution in [3.63, 3.8) is 0 Å². The Hall–Kier alpha value is -1.98. The van der Waals surface area contributed by atoms with Crippen LogP contribution >= 0.6 is 0 Å². The van der Waals surface area contributed by atoms with Gasteiger partial charge in [-0.25, -0.2) is 14.6 Å². The number of hydrogen-bond acceptors (Lipinski definition) is 6. The molecule has 0 bridgehead atoms. The van der Waals surface area contributed by atoms with Crippen LogP contribution in [0.3, 0.4) is 0 Å². The first kappa shape index (κ1) is 8.34. The second-order valence-corrected chi connectivity index (χ2v) is 3.33. The number of nitrogens with one attached hydrogen (secondary N) is 1. The molecule has 0 atom stereocenters. The second-order valence-electron chi connectivity index (χ2n) is 3.33. The van der Waals surface area contributed by atoms with E-state index in [2.05, 4.69) is 30.2 Å². The fourth-order valence-corrected chi connectivity index (χ4v) is 1.67. The van der Waals surface area contributed by atoms with Gasteiger partial charge in [0.15, 0.2) is 5.69 Å². The van der Waals surface area contributed by atoms with Crippen LogP contribution < -0.4 is 5.32 Å². The fourth-order valence-electron chi connectivity index (χ4n) is 1.67. The Morgan fingerprint density at radius 1 is 1.40 bits per heavy atom. The summed E-state index contributed by atoms with van der Waals surface area (Å²) >= 11 is 0. The molecule has 2 aromatic rings. The molecular formula is C9H9N5O. The topological polar surface area (TPSA) is 76.7 Å². The molecule has 0 amide bonds. The van der Waals surface area contributed by atoms with E-state index in [1.165, 1.54) is 0 Å². The number of aromatic nitrogens is 4. The molecule has 6 nitrogen and oxygen atoms in total. The van der Waals surface area contributed by atoms with Crippen LogP contribution in [0.5, 0.6) is 0 Å². The van der Waals surface area contributed by atoms with Gasteiger partial charge in [-0.15, -0.1) is 0 Å². The van der Waals surface area contributed by atoms with E-state index in [1.54, 1.807) is 0 Å². The van der Waals surface area contributed by atoms with Crippen LogP contribution in [0, 0.1) is 0 Å². The summed E-state index contributed by atoms with van der Waals surface area (Å²) < 4.78 is 4.66. The highest BCUT2D eigenvalue weighted by Crippen LogP contribution is 2.32. The van der Waals surface area contributed by atoms with Crippen molar-refractivity contribution in [3.05, 3.63) is 17.5 Å². The first-order valence-electron chi connectivity index (χ1n) is 4.80. The number of nitrogens with zero attached hydrogens (tertiary/aromatic N) is 4. The van der Waals surface area contributed by atoms with Crippen molar-refractivity contribution in [3.8, 4) is 11.4 Å². The average molecular weight is 203 g/mol. The maximum Gasteiger partial charge on any atom is 0.223 e. The van der Waals surface area contributed by atoms with Crippen molar-refractivity contribution in [2.24, 2.45) is 0 Å². The van der Waals surface area contributed by atoms with Crippen LogP contribution in [-0.2, 0) is 6.42 Å². The summed E-state index contributed by atoms with van der Waals surface area (Å²) in [6, 6.07) is 0. The highest BCUT2D eigenvalue weighted by Gasteiger charge is 2.26. The van der Waals surface area contributed by atoms with Gasteiger partial charge in [0.1, 0.15) is 11.4 Å². The van der Waals surface area contributed by atoms with Gasteiger partial charge in [0.05, 0.1) is 0 Å². The van der Waals surface area contributed by atoms with Crippen LogP contribution in [0.15, 0.2) is 10.8 Å². The number of rotatable bonds is 2. The molecule has 6 heteroatoms. The zero-order chi connectivity index (χ0) is 10.3. The van der Waals surface area contributed by atoms with Crippen molar-refractivity contribution in [2.45, 2.75) is 13.3 Å². The predicted molar refractivity (Wildman–Crippen MR) is 52.3 cm³/mol. The zero-order valence-electron chi connectivity index (χ0n) is 8.19. The molecule has 0 aromatic carbocycles. The van der Waals surface area contributed by atoms with E-state index < -0.39 is 0 Å². The number of hydrogen-bond donors (Lipinski definition) is 1. The van der Waals surface area contributed by atoms with Crippen molar-refractivity contribution < 1.29 is 4.63 Å². The average Bonchev–Trinajstić information content (AvgIpc) is 2.78. The lowest BCUT2D eigenvalue weighted by Crippen LogP contribution is -2.03. The zero-order valence-corrected chi connectivity index (χ0v) is 8.19. The molecule has 0 fully saturated rings. The summed E-state index contributed by atoms with van der Waals surface area (Å²) in [5, 5.41) is 10.7. The molecule has 1 N–H and O–H groups in total. The monoisotopic (exact) mass is 203 g/mol. The fraction of sp³-hybridized carbons (Fsp3) is 0.333. The summed E-state index contributed by atoms with van der Waals surface area (Å²) in [6.45, 7) is 2.79. The summed E-state index contributed by atoms with van der Waals surface area (Å²) in [4.78, 5) is 8.57. The molecule has 1 aliphatic rings. The second kappa shape index (κ2) is 3.01. The molecule has 2 heterocycles. The van der Waals surface area contributed by atoms with Crippen molar-refractivity contribution in [1.29, 1.82) is 0 Å². The van der Waals surface area contributed by atoms with Gasteiger partial charge in [-0.3, -0.25) is 0 Å². The molecule has 0 spiro atoms. The molecule has 0 aliphatic heterocycles. The van der Waals surface area contributed by atoms with Gasteiger partial charge in [0, 0.05) is 24.7 Å². The van der Waals surface area contributed by atoms with E-state index in [-0.39, 0.29) is 0 Å². The summed E-state index contributed by atoms with van der Waals surface area (Å²) in [6.07, 6.45) is 2.52. The maximum absolute atomic E-state index is 4.66. The highest BCUT2D eigenvalue weighted by molar-refractivity contribution is 5.67. The normalized spacial score (nSPS) is 12.3. The van der Waals surface area contributed by atoms with Crippen molar-refractivity contribution >= 4 is 5.95 Å². The Labute approximate surface area is 85.7 Å². The molecule has 15 heavy (non-hydrogen) atoms. The molecule has 0 saturated carbocycles. The number of fused-ring (bicyclic) bond motifs is 3. The molecule has 0 unspecified atom stereocenters. The molecular weight excluding hydrogens is 194 g/mol. The summed E-state index contributed by atoms with van der Waals surface area (Å²) in [5.41, 5.74) is 3.47. The Kier molecular flexibility index (Phi) is 1.67. The van der Waals surface area contributed by atoms with E-state index in [0.29, 0.717) is 12.4 Å². The molecule has 1 aliphatic carbocycles. The third kappa shape index (κ3) is 1.18. The van der Waals surface area contributed by atoms with Gasteiger partial charge >= 0.3 is 0 Å². The first-order chi connectivity index (χ1) is 7.38. The van der Waals surface area contributed by atoms with Gasteiger partial charge in [0.25, 0.3) is 0 Å². The van der Waals surface area contributed by atoms with Crippen LogP contribution in [0.1, 0.15) is 18.2 Å². The highest BCUT2D eigenvalue weighted by atomic mass is 16.6. The Balaban J connectivity index is 2.10. The number of anilines is 1. The quantitative estimate of drug-likeness (QED) is 0.665. The van der Waals surface area contributed by atoms with Gasteiger partial charge in [0.2, 0.25) is 5.95 Å². The Bertz CT molecular complexity index is 507. The maximum atomic E-state index is 4.66. The largest absolute Gasteiger partial charge is 0.354 e. The minimum absolute atomic E-state index is 0.618. The van der Waals surface area contributed by atoms with Gasteiger partial charge in [-0.1, -0.05) is 5.16 Å². The lowest BCUT2D eigenvalue weighted by Gasteiger charge is -2.02. The Morgan fingerprint density at radius 2 is 2.33 bits per heavy atom. The van der Waals surface area contributed by atoms with Gasteiger partial charge in [-0.2, -0.15) is 0 Å². The third-order valence-electron chi connectivity index (χ3n) is 2.34. The molecule has 0 radical (unpaired) electrons. The third-order valence-corrected chi connectivity index (χ3v) is 2.34. The van der Waals surface area contributed by atoms with Gasteiger partial charge in [-0.05, 0) is 12.1 Å². The van der Waals surface area contributed by atoms with E-state index in [0.717, 1.165) is 29.2 Å². The van der Waals surface area contributed by atoms with E-state index >= 15 is 0 Å². The molecule has 76 valence electrons. The summed E-state index contributed by atoms with van der Waals surface area (Å²) in [5.74, 6) is 0.618. The van der Waals surface area contributed by atoms with Crippen LogP contribution in [0.25, 0.3) is 11.4 Å². The molecule has 2 aromatic heterocycles.